The first-order valence-electron chi connectivity index (χ1n) is 4.46. The molecule has 0 saturated carbocycles. The van der Waals surface area contributed by atoms with Crippen LogP contribution in [0.5, 0.6) is 0 Å². The summed E-state index contributed by atoms with van der Waals surface area (Å²) in [6.07, 6.45) is -0.517. The normalized spacial score (nSPS) is 13.3. The van der Waals surface area contributed by atoms with Crippen LogP contribution in [0.15, 0.2) is 29.6 Å². The summed E-state index contributed by atoms with van der Waals surface area (Å²) in [5.41, 5.74) is 0.965. The first-order chi connectivity index (χ1) is 6.83. The molecule has 1 aromatic carbocycles. The number of aliphatic hydroxyl groups is 1. The largest absolute Gasteiger partial charge is 0.386 e. The van der Waals surface area contributed by atoms with Crippen LogP contribution in [0.4, 0.5) is 0 Å². The van der Waals surface area contributed by atoms with Crippen LogP contribution >= 0.6 is 11.3 Å². The topological polar surface area (TPSA) is 29.5 Å². The van der Waals surface area contributed by atoms with Crippen molar-refractivity contribution in [3.05, 3.63) is 35.2 Å². The van der Waals surface area contributed by atoms with Gasteiger partial charge in [-0.1, -0.05) is 18.2 Å². The minimum absolute atomic E-state index is 0.348. The van der Waals surface area contributed by atoms with Crippen LogP contribution < -0.4 is 0 Å². The Balaban J connectivity index is 2.42. The number of ether oxygens (including phenoxy) is 1. The van der Waals surface area contributed by atoms with Crippen LogP contribution in [0.3, 0.4) is 0 Å². The lowest BCUT2D eigenvalue weighted by atomic mass is 10.1. The summed E-state index contributed by atoms with van der Waals surface area (Å²) in [5, 5.41) is 12.9. The molecule has 1 N–H and O–H groups in total. The Bertz CT molecular complexity index is 422. The molecule has 2 nitrogen and oxygen atoms in total. The van der Waals surface area contributed by atoms with E-state index in [9.17, 15) is 5.11 Å². The van der Waals surface area contributed by atoms with Crippen LogP contribution in [-0.2, 0) is 4.74 Å². The summed E-state index contributed by atoms with van der Waals surface area (Å²) in [6.45, 7) is 0.348. The third kappa shape index (κ3) is 1.66. The number of thiophene rings is 1. The molecule has 14 heavy (non-hydrogen) atoms. The van der Waals surface area contributed by atoms with Crippen molar-refractivity contribution in [2.24, 2.45) is 0 Å². The fourth-order valence-corrected chi connectivity index (χ4v) is 2.51. The zero-order valence-electron chi connectivity index (χ0n) is 7.93. The maximum Gasteiger partial charge on any atom is 0.104 e. The van der Waals surface area contributed by atoms with Gasteiger partial charge in [0.2, 0.25) is 0 Å². The minimum Gasteiger partial charge on any atom is -0.386 e. The third-order valence-corrected chi connectivity index (χ3v) is 3.18. The highest BCUT2D eigenvalue weighted by Gasteiger charge is 2.11. The highest BCUT2D eigenvalue weighted by molar-refractivity contribution is 7.17. The van der Waals surface area contributed by atoms with Gasteiger partial charge in [0, 0.05) is 17.4 Å². The maximum atomic E-state index is 9.79. The Kier molecular flexibility index (Phi) is 2.82. The van der Waals surface area contributed by atoms with E-state index in [-0.39, 0.29) is 0 Å². The number of hydrogen-bond acceptors (Lipinski definition) is 3. The summed E-state index contributed by atoms with van der Waals surface area (Å²) in [6, 6.07) is 8.08. The van der Waals surface area contributed by atoms with Crippen LogP contribution in [0.25, 0.3) is 10.1 Å². The predicted octanol–water partition coefficient (Wildman–Crippen LogP) is 2.58. The van der Waals surface area contributed by atoms with E-state index >= 15 is 0 Å². The summed E-state index contributed by atoms with van der Waals surface area (Å²) in [7, 11) is 1.60. The van der Waals surface area contributed by atoms with Crippen molar-refractivity contribution in [3.8, 4) is 0 Å². The molecule has 0 spiro atoms. The minimum atomic E-state index is -0.517. The average molecular weight is 208 g/mol. The van der Waals surface area contributed by atoms with E-state index in [0.717, 1.165) is 10.9 Å². The van der Waals surface area contributed by atoms with Crippen LogP contribution in [0, 0.1) is 0 Å². The molecule has 1 atom stereocenters. The molecular formula is C11H12O2S. The molecule has 0 aliphatic rings. The molecule has 3 heteroatoms. The average Bonchev–Trinajstić information content (AvgIpc) is 2.61. The maximum absolute atomic E-state index is 9.79. The van der Waals surface area contributed by atoms with Gasteiger partial charge in [-0.25, -0.2) is 0 Å². The van der Waals surface area contributed by atoms with E-state index < -0.39 is 6.10 Å². The summed E-state index contributed by atoms with van der Waals surface area (Å²) in [5.74, 6) is 0. The highest BCUT2D eigenvalue weighted by atomic mass is 32.1. The van der Waals surface area contributed by atoms with Crippen molar-refractivity contribution < 1.29 is 9.84 Å². The molecule has 0 amide bonds. The van der Waals surface area contributed by atoms with Gasteiger partial charge in [0.15, 0.2) is 0 Å². The van der Waals surface area contributed by atoms with E-state index in [1.54, 1.807) is 18.4 Å². The van der Waals surface area contributed by atoms with Crippen molar-refractivity contribution >= 4 is 21.4 Å². The molecule has 2 aromatic rings. The SMILES string of the molecule is COCC(O)c1csc2ccccc12. The smallest absolute Gasteiger partial charge is 0.104 e. The monoisotopic (exact) mass is 208 g/mol. The van der Waals surface area contributed by atoms with Crippen molar-refractivity contribution in [1.29, 1.82) is 0 Å². The van der Waals surface area contributed by atoms with Gasteiger partial charge < -0.3 is 9.84 Å². The molecule has 0 aliphatic carbocycles. The second-order valence-electron chi connectivity index (χ2n) is 3.16. The van der Waals surface area contributed by atoms with Gasteiger partial charge >= 0.3 is 0 Å². The molecule has 1 unspecified atom stereocenters. The van der Waals surface area contributed by atoms with Gasteiger partial charge in [-0.15, -0.1) is 11.3 Å². The van der Waals surface area contributed by atoms with Gasteiger partial charge in [-0.3, -0.25) is 0 Å². The fraction of sp³-hybridized carbons (Fsp3) is 0.273. The zero-order valence-corrected chi connectivity index (χ0v) is 8.75. The standard InChI is InChI=1S/C11H12O2S/c1-13-6-10(12)9-7-14-11-5-3-2-4-8(9)11/h2-5,7,10,12H,6H2,1H3. The Hall–Kier alpha value is -0.900. The molecule has 0 saturated heterocycles. The number of hydrogen-bond donors (Lipinski definition) is 1. The van der Waals surface area contributed by atoms with Crippen molar-refractivity contribution in [2.75, 3.05) is 13.7 Å². The molecular weight excluding hydrogens is 196 g/mol. The number of methoxy groups -OCH3 is 1. The summed E-state index contributed by atoms with van der Waals surface area (Å²) in [4.78, 5) is 0. The number of rotatable bonds is 3. The quantitative estimate of drug-likeness (QED) is 0.840. The first kappa shape index (κ1) is 9.65. The lowest BCUT2D eigenvalue weighted by molar-refractivity contribution is 0.0655. The predicted molar refractivity (Wildman–Crippen MR) is 58.7 cm³/mol. The molecule has 2 rings (SSSR count). The summed E-state index contributed by atoms with van der Waals surface area (Å²) >= 11 is 1.65. The second-order valence-corrected chi connectivity index (χ2v) is 4.07. The van der Waals surface area contributed by atoms with Crippen molar-refractivity contribution in [1.82, 2.24) is 0 Å². The van der Waals surface area contributed by atoms with E-state index in [1.807, 2.05) is 23.6 Å². The van der Waals surface area contributed by atoms with Crippen LogP contribution in [0.1, 0.15) is 11.7 Å². The highest BCUT2D eigenvalue weighted by Crippen LogP contribution is 2.30. The van der Waals surface area contributed by atoms with Gasteiger partial charge in [0.25, 0.3) is 0 Å². The molecule has 74 valence electrons. The second kappa shape index (κ2) is 4.09. The van der Waals surface area contributed by atoms with Crippen LogP contribution in [-0.4, -0.2) is 18.8 Å². The Labute approximate surface area is 86.8 Å². The third-order valence-electron chi connectivity index (χ3n) is 2.19. The lowest BCUT2D eigenvalue weighted by Gasteiger charge is -2.07. The van der Waals surface area contributed by atoms with Gasteiger partial charge in [0.1, 0.15) is 6.10 Å². The molecule has 0 fully saturated rings. The molecule has 1 heterocycles. The number of aliphatic hydroxyl groups excluding tert-OH is 1. The summed E-state index contributed by atoms with van der Waals surface area (Å²) < 4.78 is 6.14. The van der Waals surface area contributed by atoms with E-state index in [4.69, 9.17) is 4.74 Å². The van der Waals surface area contributed by atoms with Gasteiger partial charge in [-0.05, 0) is 16.8 Å². The Morgan fingerprint density at radius 1 is 1.43 bits per heavy atom. The fourth-order valence-electron chi connectivity index (χ4n) is 1.50. The first-order valence-corrected chi connectivity index (χ1v) is 5.34. The van der Waals surface area contributed by atoms with Crippen LogP contribution in [0.2, 0.25) is 0 Å². The molecule has 0 radical (unpaired) electrons. The lowest BCUT2D eigenvalue weighted by Crippen LogP contribution is -2.03. The number of benzene rings is 1. The van der Waals surface area contributed by atoms with Crippen molar-refractivity contribution in [2.45, 2.75) is 6.10 Å². The Morgan fingerprint density at radius 2 is 2.21 bits per heavy atom. The molecule has 0 bridgehead atoms. The van der Waals surface area contributed by atoms with E-state index in [2.05, 4.69) is 6.07 Å². The van der Waals surface area contributed by atoms with E-state index in [0.29, 0.717) is 6.61 Å². The Morgan fingerprint density at radius 3 is 3.00 bits per heavy atom. The molecule has 0 aliphatic heterocycles. The van der Waals surface area contributed by atoms with E-state index in [1.165, 1.54) is 4.70 Å². The van der Waals surface area contributed by atoms with Gasteiger partial charge in [0.05, 0.1) is 6.61 Å². The number of fused-ring (bicyclic) bond motifs is 1. The van der Waals surface area contributed by atoms with Crippen molar-refractivity contribution in [3.63, 3.8) is 0 Å². The molecule has 1 aromatic heterocycles. The zero-order chi connectivity index (χ0) is 9.97. The van der Waals surface area contributed by atoms with Gasteiger partial charge in [-0.2, -0.15) is 0 Å².